The summed E-state index contributed by atoms with van der Waals surface area (Å²) in [6, 6.07) is 13.5. The first-order valence-corrected chi connectivity index (χ1v) is 9.92. The van der Waals surface area contributed by atoms with E-state index in [1.807, 2.05) is 12.1 Å². The summed E-state index contributed by atoms with van der Waals surface area (Å²) in [5, 5.41) is 6.55. The quantitative estimate of drug-likeness (QED) is 0.552. The molecule has 29 heavy (non-hydrogen) atoms. The van der Waals surface area contributed by atoms with Crippen LogP contribution >= 0.6 is 0 Å². The molecule has 156 valence electrons. The molecule has 1 aliphatic heterocycles. The molecule has 1 saturated heterocycles. The zero-order chi connectivity index (χ0) is 20.5. The monoisotopic (exact) mass is 402 g/mol. The molecule has 7 heteroatoms. The lowest BCUT2D eigenvalue weighted by Gasteiger charge is -2.35. The summed E-state index contributed by atoms with van der Waals surface area (Å²) in [6.45, 7) is 4.05. The average Bonchev–Trinajstić information content (AvgIpc) is 2.75. The SMILES string of the molecule is CN=C(NCCc1ccccc1F)NCC(c1cccc(F)c1)N1CCOCC1. The van der Waals surface area contributed by atoms with Gasteiger partial charge in [-0.1, -0.05) is 30.3 Å². The van der Waals surface area contributed by atoms with E-state index in [2.05, 4.69) is 20.5 Å². The van der Waals surface area contributed by atoms with Crippen molar-refractivity contribution in [1.29, 1.82) is 0 Å². The predicted octanol–water partition coefficient (Wildman–Crippen LogP) is 2.75. The third-order valence-electron chi connectivity index (χ3n) is 5.05. The number of halogens is 2. The third kappa shape index (κ3) is 6.24. The molecule has 0 bridgehead atoms. The van der Waals surface area contributed by atoms with E-state index < -0.39 is 0 Å². The number of guanidine groups is 1. The van der Waals surface area contributed by atoms with Crippen LogP contribution in [-0.4, -0.2) is 57.3 Å². The summed E-state index contributed by atoms with van der Waals surface area (Å²) in [4.78, 5) is 6.54. The number of hydrogen-bond acceptors (Lipinski definition) is 3. The number of ether oxygens (including phenoxy) is 1. The number of nitrogens with zero attached hydrogens (tertiary/aromatic N) is 2. The Balaban J connectivity index is 1.58. The molecule has 2 aromatic rings. The predicted molar refractivity (Wildman–Crippen MR) is 111 cm³/mol. The number of nitrogens with one attached hydrogen (secondary N) is 2. The van der Waals surface area contributed by atoms with Gasteiger partial charge >= 0.3 is 0 Å². The highest BCUT2D eigenvalue weighted by molar-refractivity contribution is 5.79. The fourth-order valence-corrected chi connectivity index (χ4v) is 3.49. The topological polar surface area (TPSA) is 48.9 Å². The van der Waals surface area contributed by atoms with Crippen LogP contribution in [0.1, 0.15) is 17.2 Å². The van der Waals surface area contributed by atoms with Crippen LogP contribution in [0.5, 0.6) is 0 Å². The minimum absolute atomic E-state index is 0.000261. The molecule has 0 saturated carbocycles. The minimum Gasteiger partial charge on any atom is -0.379 e. The summed E-state index contributed by atoms with van der Waals surface area (Å²) in [5.41, 5.74) is 1.59. The number of hydrogen-bond donors (Lipinski definition) is 2. The van der Waals surface area contributed by atoms with Gasteiger partial charge in [0.1, 0.15) is 11.6 Å². The Morgan fingerprint density at radius 2 is 1.90 bits per heavy atom. The second kappa shape index (κ2) is 10.9. The lowest BCUT2D eigenvalue weighted by atomic mass is 10.0. The Bertz CT molecular complexity index is 809. The Hall–Kier alpha value is -2.51. The molecule has 2 N–H and O–H groups in total. The Labute approximate surface area is 170 Å². The normalized spacial score (nSPS) is 16.4. The van der Waals surface area contributed by atoms with E-state index in [0.29, 0.717) is 44.2 Å². The van der Waals surface area contributed by atoms with Gasteiger partial charge in [-0.25, -0.2) is 8.78 Å². The smallest absolute Gasteiger partial charge is 0.191 e. The molecule has 1 unspecified atom stereocenters. The zero-order valence-electron chi connectivity index (χ0n) is 16.7. The Morgan fingerprint density at radius 1 is 1.10 bits per heavy atom. The van der Waals surface area contributed by atoms with Gasteiger partial charge in [0.15, 0.2) is 5.96 Å². The summed E-state index contributed by atoms with van der Waals surface area (Å²) in [5.74, 6) is 0.194. The lowest BCUT2D eigenvalue weighted by Crippen LogP contribution is -2.46. The maximum absolute atomic E-state index is 13.8. The van der Waals surface area contributed by atoms with Crippen molar-refractivity contribution in [3.8, 4) is 0 Å². The fraction of sp³-hybridized carbons (Fsp3) is 0.409. The van der Waals surface area contributed by atoms with Crippen molar-refractivity contribution in [1.82, 2.24) is 15.5 Å². The molecule has 0 aromatic heterocycles. The minimum atomic E-state index is -0.242. The second-order valence-electron chi connectivity index (χ2n) is 6.94. The van der Waals surface area contributed by atoms with Crippen LogP contribution in [-0.2, 0) is 11.2 Å². The van der Waals surface area contributed by atoms with Crippen molar-refractivity contribution in [2.45, 2.75) is 12.5 Å². The highest BCUT2D eigenvalue weighted by atomic mass is 19.1. The highest BCUT2D eigenvalue weighted by Gasteiger charge is 2.23. The van der Waals surface area contributed by atoms with E-state index in [-0.39, 0.29) is 17.7 Å². The largest absolute Gasteiger partial charge is 0.379 e. The first kappa shape index (κ1) is 21.2. The third-order valence-corrected chi connectivity index (χ3v) is 5.05. The van der Waals surface area contributed by atoms with Crippen LogP contribution in [0.2, 0.25) is 0 Å². The maximum atomic E-state index is 13.8. The first-order valence-electron chi connectivity index (χ1n) is 9.92. The average molecular weight is 402 g/mol. The number of rotatable bonds is 7. The van der Waals surface area contributed by atoms with Gasteiger partial charge < -0.3 is 15.4 Å². The number of aliphatic imine (C=N–C) groups is 1. The van der Waals surface area contributed by atoms with Crippen molar-refractivity contribution in [3.63, 3.8) is 0 Å². The van der Waals surface area contributed by atoms with Gasteiger partial charge in [0, 0.05) is 33.2 Å². The van der Waals surface area contributed by atoms with Gasteiger partial charge in [0.2, 0.25) is 0 Å². The lowest BCUT2D eigenvalue weighted by molar-refractivity contribution is 0.0169. The van der Waals surface area contributed by atoms with Crippen LogP contribution in [0.4, 0.5) is 8.78 Å². The molecular formula is C22H28F2N4O. The van der Waals surface area contributed by atoms with Crippen LogP contribution in [0.3, 0.4) is 0 Å². The van der Waals surface area contributed by atoms with E-state index in [1.54, 1.807) is 31.3 Å². The molecule has 0 radical (unpaired) electrons. The molecule has 5 nitrogen and oxygen atoms in total. The van der Waals surface area contributed by atoms with Crippen molar-refractivity contribution in [2.24, 2.45) is 4.99 Å². The van der Waals surface area contributed by atoms with E-state index in [1.165, 1.54) is 12.1 Å². The number of benzene rings is 2. The standard InChI is InChI=1S/C22H28F2N4O/c1-25-22(26-10-9-17-5-2-3-8-20(17)24)27-16-21(28-11-13-29-14-12-28)18-6-4-7-19(23)15-18/h2-8,15,21H,9-14,16H2,1H3,(H2,25,26,27). The molecule has 2 aromatic carbocycles. The summed E-state index contributed by atoms with van der Waals surface area (Å²) in [6.07, 6.45) is 0.560. The van der Waals surface area contributed by atoms with E-state index >= 15 is 0 Å². The van der Waals surface area contributed by atoms with Gasteiger partial charge in [-0.05, 0) is 35.7 Å². The summed E-state index contributed by atoms with van der Waals surface area (Å²) < 4.78 is 33.0. The van der Waals surface area contributed by atoms with Gasteiger partial charge in [-0.2, -0.15) is 0 Å². The van der Waals surface area contributed by atoms with Crippen molar-refractivity contribution >= 4 is 5.96 Å². The molecule has 1 aliphatic rings. The fourth-order valence-electron chi connectivity index (χ4n) is 3.49. The molecule has 0 amide bonds. The van der Waals surface area contributed by atoms with Crippen molar-refractivity contribution in [2.75, 3.05) is 46.4 Å². The van der Waals surface area contributed by atoms with E-state index in [0.717, 1.165) is 18.7 Å². The maximum Gasteiger partial charge on any atom is 0.191 e. The highest BCUT2D eigenvalue weighted by Crippen LogP contribution is 2.22. The van der Waals surface area contributed by atoms with Gasteiger partial charge in [0.05, 0.1) is 19.3 Å². The molecule has 1 atom stereocenters. The van der Waals surface area contributed by atoms with Gasteiger partial charge in [-0.3, -0.25) is 9.89 Å². The second-order valence-corrected chi connectivity index (χ2v) is 6.94. The van der Waals surface area contributed by atoms with Crippen LogP contribution in [0.25, 0.3) is 0 Å². The molecule has 0 aliphatic carbocycles. The molecule has 3 rings (SSSR count). The number of morpholine rings is 1. The first-order chi connectivity index (χ1) is 14.2. The van der Waals surface area contributed by atoms with E-state index in [9.17, 15) is 8.78 Å². The Kier molecular flexibility index (Phi) is 7.95. The molecular weight excluding hydrogens is 374 g/mol. The van der Waals surface area contributed by atoms with Crippen molar-refractivity contribution < 1.29 is 13.5 Å². The van der Waals surface area contributed by atoms with Crippen LogP contribution in [0.15, 0.2) is 53.5 Å². The summed E-state index contributed by atoms with van der Waals surface area (Å²) >= 11 is 0. The van der Waals surface area contributed by atoms with Crippen LogP contribution in [0, 0.1) is 11.6 Å². The zero-order valence-corrected chi connectivity index (χ0v) is 16.7. The van der Waals surface area contributed by atoms with E-state index in [4.69, 9.17) is 4.74 Å². The van der Waals surface area contributed by atoms with Gasteiger partial charge in [-0.15, -0.1) is 0 Å². The molecule has 0 spiro atoms. The van der Waals surface area contributed by atoms with Crippen LogP contribution < -0.4 is 10.6 Å². The molecule has 1 heterocycles. The van der Waals surface area contributed by atoms with Crippen molar-refractivity contribution in [3.05, 3.63) is 71.3 Å². The molecule has 1 fully saturated rings. The summed E-state index contributed by atoms with van der Waals surface area (Å²) in [7, 11) is 1.70. The van der Waals surface area contributed by atoms with Gasteiger partial charge in [0.25, 0.3) is 0 Å². The Morgan fingerprint density at radius 3 is 2.62 bits per heavy atom.